The fourth-order valence-electron chi connectivity index (χ4n) is 3.09. The number of hydrogen-bond acceptors (Lipinski definition) is 4. The summed E-state index contributed by atoms with van der Waals surface area (Å²) in [7, 11) is 0. The van der Waals surface area contributed by atoms with Gasteiger partial charge in [-0.2, -0.15) is 0 Å². The van der Waals surface area contributed by atoms with E-state index in [9.17, 15) is 15.0 Å². The Labute approximate surface area is 170 Å². The van der Waals surface area contributed by atoms with E-state index in [-0.39, 0.29) is 6.42 Å². The SMILES string of the molecule is CCC(Oc1ccccc1)(C(=O)O)C(O)c1ccc(OCc2ccccc2)cc1. The van der Waals surface area contributed by atoms with Crippen molar-refractivity contribution in [2.45, 2.75) is 31.7 Å². The summed E-state index contributed by atoms with van der Waals surface area (Å²) in [6, 6.07) is 25.2. The van der Waals surface area contributed by atoms with Crippen LogP contribution in [0.1, 0.15) is 30.6 Å². The van der Waals surface area contributed by atoms with E-state index in [4.69, 9.17) is 9.47 Å². The Bertz CT molecular complexity index is 909. The second kappa shape index (κ2) is 9.26. The topological polar surface area (TPSA) is 76.0 Å². The van der Waals surface area contributed by atoms with Gasteiger partial charge < -0.3 is 19.7 Å². The average molecular weight is 392 g/mol. The van der Waals surface area contributed by atoms with Gasteiger partial charge in [0.05, 0.1) is 0 Å². The molecule has 5 nitrogen and oxygen atoms in total. The van der Waals surface area contributed by atoms with E-state index in [0.29, 0.717) is 23.7 Å². The first-order chi connectivity index (χ1) is 14.0. The molecule has 150 valence electrons. The number of para-hydroxylation sites is 1. The van der Waals surface area contributed by atoms with Gasteiger partial charge in [0.25, 0.3) is 0 Å². The summed E-state index contributed by atoms with van der Waals surface area (Å²) in [6.07, 6.45) is -1.27. The molecule has 3 rings (SSSR count). The van der Waals surface area contributed by atoms with E-state index >= 15 is 0 Å². The van der Waals surface area contributed by atoms with E-state index < -0.39 is 17.7 Å². The van der Waals surface area contributed by atoms with Crippen molar-refractivity contribution in [3.05, 3.63) is 96.1 Å². The predicted octanol–water partition coefficient (Wildman–Crippen LogP) is 4.61. The highest BCUT2D eigenvalue weighted by molar-refractivity contribution is 5.79. The lowest BCUT2D eigenvalue weighted by Gasteiger charge is -2.34. The fourth-order valence-corrected chi connectivity index (χ4v) is 3.09. The van der Waals surface area contributed by atoms with Crippen LogP contribution in [-0.2, 0) is 11.4 Å². The van der Waals surface area contributed by atoms with Gasteiger partial charge >= 0.3 is 5.97 Å². The van der Waals surface area contributed by atoms with Crippen molar-refractivity contribution in [1.29, 1.82) is 0 Å². The van der Waals surface area contributed by atoms with Gasteiger partial charge in [0.2, 0.25) is 5.60 Å². The number of carboxylic acids is 1. The van der Waals surface area contributed by atoms with E-state index in [1.54, 1.807) is 55.5 Å². The van der Waals surface area contributed by atoms with Crippen LogP contribution >= 0.6 is 0 Å². The number of rotatable bonds is 9. The molecule has 0 radical (unpaired) electrons. The normalized spacial score (nSPS) is 13.9. The van der Waals surface area contributed by atoms with Crippen molar-refractivity contribution in [3.63, 3.8) is 0 Å². The molecule has 5 heteroatoms. The molecule has 29 heavy (non-hydrogen) atoms. The Morgan fingerprint density at radius 1 is 0.897 bits per heavy atom. The third-order valence-corrected chi connectivity index (χ3v) is 4.82. The van der Waals surface area contributed by atoms with Gasteiger partial charge in [-0.15, -0.1) is 0 Å². The number of carboxylic acid groups (broad SMARTS) is 1. The quantitative estimate of drug-likeness (QED) is 0.556. The first kappa shape index (κ1) is 20.4. The molecule has 0 aromatic heterocycles. The lowest BCUT2D eigenvalue weighted by Crippen LogP contribution is -2.49. The maximum Gasteiger partial charge on any atom is 0.351 e. The van der Waals surface area contributed by atoms with Crippen LogP contribution < -0.4 is 9.47 Å². The average Bonchev–Trinajstić information content (AvgIpc) is 2.77. The molecule has 0 saturated carbocycles. The molecule has 2 N–H and O–H groups in total. The maximum absolute atomic E-state index is 12.1. The van der Waals surface area contributed by atoms with Gasteiger partial charge in [0.15, 0.2) is 0 Å². The summed E-state index contributed by atoms with van der Waals surface area (Å²) in [5.41, 5.74) is -0.311. The molecule has 3 aromatic carbocycles. The van der Waals surface area contributed by atoms with Crippen LogP contribution in [0.15, 0.2) is 84.9 Å². The van der Waals surface area contributed by atoms with Crippen LogP contribution in [0.4, 0.5) is 0 Å². The number of aliphatic hydroxyl groups excluding tert-OH is 1. The summed E-state index contributed by atoms with van der Waals surface area (Å²) in [4.78, 5) is 12.1. The van der Waals surface area contributed by atoms with Crippen molar-refractivity contribution < 1.29 is 24.5 Å². The molecule has 0 saturated heterocycles. The number of aliphatic carboxylic acids is 1. The molecule has 0 aliphatic carbocycles. The largest absolute Gasteiger partial charge is 0.489 e. The van der Waals surface area contributed by atoms with Gasteiger partial charge in [-0.25, -0.2) is 4.79 Å². The summed E-state index contributed by atoms with van der Waals surface area (Å²) in [5.74, 6) is -0.203. The molecule has 0 aliphatic heterocycles. The molecular formula is C24H24O5. The number of benzene rings is 3. The maximum atomic E-state index is 12.1. The fraction of sp³-hybridized carbons (Fsp3) is 0.208. The third-order valence-electron chi connectivity index (χ3n) is 4.82. The monoisotopic (exact) mass is 392 g/mol. The lowest BCUT2D eigenvalue weighted by atomic mass is 9.88. The minimum absolute atomic E-state index is 0.0879. The second-order valence-electron chi connectivity index (χ2n) is 6.71. The van der Waals surface area contributed by atoms with Gasteiger partial charge in [0, 0.05) is 0 Å². The van der Waals surface area contributed by atoms with Crippen LogP contribution in [-0.4, -0.2) is 21.8 Å². The number of hydrogen-bond donors (Lipinski definition) is 2. The highest BCUT2D eigenvalue weighted by Gasteiger charge is 2.47. The first-order valence-corrected chi connectivity index (χ1v) is 9.47. The zero-order valence-corrected chi connectivity index (χ0v) is 16.2. The zero-order chi connectivity index (χ0) is 20.7. The van der Waals surface area contributed by atoms with Gasteiger partial charge in [-0.3, -0.25) is 0 Å². The van der Waals surface area contributed by atoms with Gasteiger partial charge in [0.1, 0.15) is 24.2 Å². The summed E-state index contributed by atoms with van der Waals surface area (Å²) in [5, 5.41) is 20.8. The van der Waals surface area contributed by atoms with Crippen LogP contribution in [0.2, 0.25) is 0 Å². The van der Waals surface area contributed by atoms with Crippen LogP contribution in [0.3, 0.4) is 0 Å². The predicted molar refractivity (Wildman–Crippen MR) is 110 cm³/mol. The molecule has 0 spiro atoms. The van der Waals surface area contributed by atoms with E-state index in [1.807, 2.05) is 36.4 Å². The van der Waals surface area contributed by atoms with Crippen molar-refractivity contribution in [2.24, 2.45) is 0 Å². The van der Waals surface area contributed by atoms with Gasteiger partial charge in [-0.1, -0.05) is 67.6 Å². The summed E-state index contributed by atoms with van der Waals surface area (Å²) >= 11 is 0. The van der Waals surface area contributed by atoms with Crippen molar-refractivity contribution in [2.75, 3.05) is 0 Å². The minimum Gasteiger partial charge on any atom is -0.489 e. The van der Waals surface area contributed by atoms with E-state index in [1.165, 1.54) is 0 Å². The lowest BCUT2D eigenvalue weighted by molar-refractivity contribution is -0.168. The second-order valence-corrected chi connectivity index (χ2v) is 6.71. The zero-order valence-electron chi connectivity index (χ0n) is 16.2. The Kier molecular flexibility index (Phi) is 6.52. The van der Waals surface area contributed by atoms with Crippen molar-refractivity contribution >= 4 is 5.97 Å². The molecule has 0 bridgehead atoms. The molecule has 0 amide bonds. The molecule has 2 unspecified atom stereocenters. The van der Waals surface area contributed by atoms with Crippen LogP contribution in [0.25, 0.3) is 0 Å². The number of aliphatic hydroxyl groups is 1. The number of carbonyl (C=O) groups is 1. The molecule has 0 heterocycles. The van der Waals surface area contributed by atoms with Crippen molar-refractivity contribution in [3.8, 4) is 11.5 Å². The van der Waals surface area contributed by atoms with Crippen LogP contribution in [0, 0.1) is 0 Å². The standard InChI is InChI=1S/C24H24O5/c1-2-24(23(26)27,29-21-11-7-4-8-12-21)22(25)19-13-15-20(16-14-19)28-17-18-9-5-3-6-10-18/h3-16,22,25H,2,17H2,1H3,(H,26,27). The Morgan fingerprint density at radius 3 is 2.03 bits per heavy atom. The van der Waals surface area contributed by atoms with E-state index in [0.717, 1.165) is 5.56 Å². The highest BCUT2D eigenvalue weighted by Crippen LogP contribution is 2.35. The Balaban J connectivity index is 1.77. The Hall–Kier alpha value is -3.31. The summed E-state index contributed by atoms with van der Waals surface area (Å²) in [6.45, 7) is 2.10. The molecular weight excluding hydrogens is 368 g/mol. The molecule has 0 aliphatic rings. The summed E-state index contributed by atoms with van der Waals surface area (Å²) < 4.78 is 11.5. The molecule has 0 fully saturated rings. The van der Waals surface area contributed by atoms with Gasteiger partial charge in [-0.05, 0) is 41.8 Å². The van der Waals surface area contributed by atoms with E-state index in [2.05, 4.69) is 0 Å². The third kappa shape index (κ3) is 4.76. The number of ether oxygens (including phenoxy) is 2. The molecule has 3 aromatic rings. The smallest absolute Gasteiger partial charge is 0.351 e. The van der Waals surface area contributed by atoms with Crippen LogP contribution in [0.5, 0.6) is 11.5 Å². The Morgan fingerprint density at radius 2 is 1.48 bits per heavy atom. The van der Waals surface area contributed by atoms with Crippen molar-refractivity contribution in [1.82, 2.24) is 0 Å². The highest BCUT2D eigenvalue weighted by atomic mass is 16.5. The minimum atomic E-state index is -1.80. The first-order valence-electron chi connectivity index (χ1n) is 9.47. The molecule has 2 atom stereocenters.